The fraction of sp³-hybridized carbons (Fsp3) is 0.500. The van der Waals surface area contributed by atoms with E-state index in [1.807, 2.05) is 55.5 Å². The van der Waals surface area contributed by atoms with E-state index in [9.17, 15) is 24.9 Å². The summed E-state index contributed by atoms with van der Waals surface area (Å²) in [6.45, 7) is 6.93. The summed E-state index contributed by atoms with van der Waals surface area (Å²) in [5.74, 6) is 0.679. The summed E-state index contributed by atoms with van der Waals surface area (Å²) in [7, 11) is 0. The minimum atomic E-state index is -0.965. The maximum atomic E-state index is 13.2. The summed E-state index contributed by atoms with van der Waals surface area (Å²) in [4.78, 5) is 24.0. The van der Waals surface area contributed by atoms with Gasteiger partial charge in [-0.2, -0.15) is 0 Å². The van der Waals surface area contributed by atoms with Crippen LogP contribution in [-0.2, 0) is 26.5 Å². The van der Waals surface area contributed by atoms with Crippen LogP contribution in [0.4, 0.5) is 11.4 Å². The molecule has 268 valence electrons. The third kappa shape index (κ3) is 8.38. The number of amides is 2. The Labute approximate surface area is 295 Å². The summed E-state index contributed by atoms with van der Waals surface area (Å²) < 4.78 is 7.58. The molecule has 3 aliphatic heterocycles. The van der Waals surface area contributed by atoms with Crippen LogP contribution in [0.2, 0.25) is 0 Å². The van der Waals surface area contributed by atoms with E-state index < -0.39 is 11.7 Å². The molecule has 7 rings (SSSR count). The normalized spacial score (nSPS) is 23.7. The Balaban J connectivity index is 0.979. The summed E-state index contributed by atoms with van der Waals surface area (Å²) in [6, 6.07) is 20.6. The second kappa shape index (κ2) is 16.0. The molecule has 3 aromatic carbocycles. The Bertz CT molecular complexity index is 1600. The van der Waals surface area contributed by atoms with E-state index in [2.05, 4.69) is 16.0 Å². The lowest BCUT2D eigenvalue weighted by Crippen LogP contribution is -2.65. The van der Waals surface area contributed by atoms with Crippen LogP contribution < -0.4 is 16.0 Å². The van der Waals surface area contributed by atoms with Gasteiger partial charge in [0, 0.05) is 37.5 Å². The number of aryl methyl sites for hydroxylation is 1. The third-order valence-corrected chi connectivity index (χ3v) is 11.5. The lowest BCUT2D eigenvalue weighted by atomic mass is 9.80. The molecule has 3 saturated heterocycles. The number of aliphatic hydroxyl groups excluding tert-OH is 1. The van der Waals surface area contributed by atoms with Crippen molar-refractivity contribution in [3.8, 4) is 5.75 Å². The number of carbonyl (C=O) groups is 2. The molecule has 0 aromatic heterocycles. The fourth-order valence-electron chi connectivity index (χ4n) is 8.46. The Morgan fingerprint density at radius 1 is 1.02 bits per heavy atom. The van der Waals surface area contributed by atoms with Gasteiger partial charge in [-0.3, -0.25) is 9.59 Å². The number of quaternary nitrogens is 1. The number of fused-ring (bicyclic) bond motifs is 3. The zero-order chi connectivity index (χ0) is 35.1. The van der Waals surface area contributed by atoms with Crippen molar-refractivity contribution in [2.24, 2.45) is 11.8 Å². The Morgan fingerprint density at radius 2 is 1.78 bits per heavy atom. The number of nitrogens with zero attached hydrogens (tertiary/aromatic N) is 1. The maximum Gasteiger partial charge on any atom is 0.230 e. The zero-order valence-electron chi connectivity index (χ0n) is 29.2. The van der Waals surface area contributed by atoms with E-state index in [0.29, 0.717) is 37.5 Å². The van der Waals surface area contributed by atoms with E-state index in [0.717, 1.165) is 91.6 Å². The molecule has 10 heteroatoms. The topological polar surface area (TPSA) is 140 Å². The van der Waals surface area contributed by atoms with E-state index >= 15 is 0 Å². The van der Waals surface area contributed by atoms with Gasteiger partial charge < -0.3 is 40.5 Å². The number of phenolic OH excluding ortho intramolecular Hbond substituents is 1. The van der Waals surface area contributed by atoms with E-state index in [1.54, 1.807) is 12.1 Å². The van der Waals surface area contributed by atoms with Crippen molar-refractivity contribution < 1.29 is 34.1 Å². The first-order chi connectivity index (χ1) is 24.2. The molecule has 3 aromatic rings. The highest BCUT2D eigenvalue weighted by Gasteiger charge is 2.48. The number of anilines is 2. The molecule has 6 N–H and O–H groups in total. The molecule has 0 radical (unpaired) electrons. The second-order valence-corrected chi connectivity index (χ2v) is 14.8. The van der Waals surface area contributed by atoms with Crippen molar-refractivity contribution in [3.63, 3.8) is 0 Å². The van der Waals surface area contributed by atoms with Crippen LogP contribution in [0.1, 0.15) is 73.3 Å². The van der Waals surface area contributed by atoms with Crippen molar-refractivity contribution in [1.29, 1.82) is 0 Å². The predicted octanol–water partition coefficient (Wildman–Crippen LogP) is 5.12. The number of hydrogen-bond acceptors (Lipinski definition) is 7. The van der Waals surface area contributed by atoms with Gasteiger partial charge in [-0.1, -0.05) is 61.4 Å². The summed E-state index contributed by atoms with van der Waals surface area (Å²) in [5, 5.41) is 41.3. The van der Waals surface area contributed by atoms with Crippen molar-refractivity contribution in [2.75, 3.05) is 50.0 Å². The lowest BCUT2D eigenvalue weighted by Gasteiger charge is -2.52. The standard InChI is InChI=1S/C40H52N4O6/c1-28-21-29(23-41-24-37(47)31-12-14-36(46)35(22-31)42-27-45)11-13-34(28)43-39(48)17-20-44-18-15-30(16-19-44)38(25-44)50-26-40(49,33-9-5-6-10-33)32-7-3-2-4-8-32/h2-4,7-8,11-14,21-22,27,30,33,37-38,41,47,49H,5-6,9-10,15-20,23-26H2,1H3,(H2-,42,43,45,46,48)/p+1/t30?,37-,38-,40+,44?/m0/s1. The van der Waals surface area contributed by atoms with Crippen LogP contribution in [0.15, 0.2) is 66.7 Å². The minimum absolute atomic E-state index is 0.0109. The van der Waals surface area contributed by atoms with Crippen LogP contribution in [0, 0.1) is 18.8 Å². The van der Waals surface area contributed by atoms with Gasteiger partial charge in [0.15, 0.2) is 0 Å². The van der Waals surface area contributed by atoms with Gasteiger partial charge in [-0.15, -0.1) is 0 Å². The van der Waals surface area contributed by atoms with Crippen molar-refractivity contribution >= 4 is 23.7 Å². The summed E-state index contributed by atoms with van der Waals surface area (Å²) in [5.41, 5.74) is 3.60. The molecule has 4 fully saturated rings. The van der Waals surface area contributed by atoms with Gasteiger partial charge in [-0.25, -0.2) is 0 Å². The molecule has 2 bridgehead atoms. The van der Waals surface area contributed by atoms with Crippen LogP contribution in [0.25, 0.3) is 0 Å². The smallest absolute Gasteiger partial charge is 0.230 e. The number of phenols is 1. The molecule has 50 heavy (non-hydrogen) atoms. The summed E-state index contributed by atoms with van der Waals surface area (Å²) in [6.07, 6.45) is 6.78. The van der Waals surface area contributed by atoms with Crippen molar-refractivity contribution in [1.82, 2.24) is 5.32 Å². The quantitative estimate of drug-likeness (QED) is 0.0699. The minimum Gasteiger partial charge on any atom is -0.506 e. The molecule has 1 saturated carbocycles. The van der Waals surface area contributed by atoms with Crippen molar-refractivity contribution in [3.05, 3.63) is 89.0 Å². The number of aromatic hydroxyl groups is 1. The molecule has 1 aliphatic carbocycles. The largest absolute Gasteiger partial charge is 0.506 e. The highest BCUT2D eigenvalue weighted by molar-refractivity contribution is 5.91. The van der Waals surface area contributed by atoms with E-state index in [4.69, 9.17) is 4.74 Å². The number of ether oxygens (including phenoxy) is 1. The molecule has 0 spiro atoms. The fourth-order valence-corrected chi connectivity index (χ4v) is 8.46. The van der Waals surface area contributed by atoms with Crippen LogP contribution in [0.5, 0.6) is 5.75 Å². The average Bonchev–Trinajstić information content (AvgIpc) is 3.69. The lowest BCUT2D eigenvalue weighted by molar-refractivity contribution is -0.946. The second-order valence-electron chi connectivity index (χ2n) is 14.8. The Kier molecular flexibility index (Phi) is 11.6. The van der Waals surface area contributed by atoms with Gasteiger partial charge in [0.25, 0.3) is 0 Å². The monoisotopic (exact) mass is 685 g/mol. The van der Waals surface area contributed by atoms with Crippen LogP contribution >= 0.6 is 0 Å². The third-order valence-electron chi connectivity index (χ3n) is 11.5. The average molecular weight is 686 g/mol. The Hall–Kier alpha value is -3.80. The highest BCUT2D eigenvalue weighted by Crippen LogP contribution is 2.43. The van der Waals surface area contributed by atoms with Crippen LogP contribution in [0.3, 0.4) is 0 Å². The molecular weight excluding hydrogens is 632 g/mol. The number of rotatable bonds is 16. The first kappa shape index (κ1) is 36.0. The van der Waals surface area contributed by atoms with Gasteiger partial charge in [0.2, 0.25) is 12.3 Å². The molecule has 2 amide bonds. The van der Waals surface area contributed by atoms with Gasteiger partial charge in [0.05, 0.1) is 44.5 Å². The first-order valence-electron chi connectivity index (χ1n) is 18.2. The number of aliphatic hydroxyl groups is 2. The molecule has 4 aliphatic rings. The number of nitrogens with one attached hydrogen (secondary N) is 3. The zero-order valence-corrected chi connectivity index (χ0v) is 29.2. The van der Waals surface area contributed by atoms with Gasteiger partial charge in [0.1, 0.15) is 24.0 Å². The molecule has 3 atom stereocenters. The van der Waals surface area contributed by atoms with Crippen LogP contribution in [-0.4, -0.2) is 77.6 Å². The predicted molar refractivity (Wildman–Crippen MR) is 193 cm³/mol. The molecular formula is C40H53N4O6+. The van der Waals surface area contributed by atoms with Gasteiger partial charge in [-0.05, 0) is 66.1 Å². The highest BCUT2D eigenvalue weighted by atomic mass is 16.5. The number of piperidine rings is 3. The summed E-state index contributed by atoms with van der Waals surface area (Å²) >= 11 is 0. The Morgan fingerprint density at radius 3 is 2.50 bits per heavy atom. The SMILES string of the molecule is Cc1cc(CNC[C@H](O)c2ccc(O)c(NC=O)c2)ccc1NC(=O)CC[N+]12CCC(CC1)[C@@H](OC[C@@](O)(c1ccccc1)C1CCCC1)C2. The maximum absolute atomic E-state index is 13.2. The molecule has 0 unspecified atom stereocenters. The number of hydrogen-bond donors (Lipinski definition) is 6. The van der Waals surface area contributed by atoms with E-state index in [-0.39, 0.29) is 35.9 Å². The van der Waals surface area contributed by atoms with E-state index in [1.165, 1.54) is 6.07 Å². The number of benzene rings is 3. The van der Waals surface area contributed by atoms with Gasteiger partial charge >= 0.3 is 0 Å². The number of carbonyl (C=O) groups excluding carboxylic acids is 2. The first-order valence-corrected chi connectivity index (χ1v) is 18.2. The molecule has 10 nitrogen and oxygen atoms in total. The molecule has 3 heterocycles. The van der Waals surface area contributed by atoms with Crippen molar-refractivity contribution in [2.45, 2.75) is 76.2 Å².